The molecule has 0 bridgehead atoms. The SMILES string of the molecule is NC(=O)C(=O)C(Cc1ccccc1)NC(=O)c1cccnc1-n1ccc(CN2CC3CC(F)(F)CC3C2)n1. The van der Waals surface area contributed by atoms with Gasteiger partial charge in [-0.1, -0.05) is 30.3 Å². The van der Waals surface area contributed by atoms with Crippen molar-refractivity contribution in [2.24, 2.45) is 17.6 Å². The number of nitrogens with one attached hydrogen (secondary N) is 1. The van der Waals surface area contributed by atoms with E-state index < -0.39 is 29.6 Å². The molecule has 3 atom stereocenters. The first kappa shape index (κ1) is 25.7. The van der Waals surface area contributed by atoms with Crippen LogP contribution in [0.25, 0.3) is 5.82 Å². The number of carbonyl (C=O) groups is 3. The Morgan fingerprint density at radius 2 is 1.76 bits per heavy atom. The van der Waals surface area contributed by atoms with E-state index in [1.807, 2.05) is 6.07 Å². The summed E-state index contributed by atoms with van der Waals surface area (Å²) in [5.41, 5.74) is 6.87. The average molecular weight is 523 g/mol. The average Bonchev–Trinajstić information content (AvgIpc) is 3.56. The van der Waals surface area contributed by atoms with Gasteiger partial charge >= 0.3 is 0 Å². The lowest BCUT2D eigenvalue weighted by atomic mass is 10.0. The quantitative estimate of drug-likeness (QED) is 0.415. The van der Waals surface area contributed by atoms with E-state index in [2.05, 4.69) is 20.3 Å². The van der Waals surface area contributed by atoms with Gasteiger partial charge < -0.3 is 11.1 Å². The topological polar surface area (TPSA) is 123 Å². The Morgan fingerprint density at radius 3 is 2.45 bits per heavy atom. The Balaban J connectivity index is 1.29. The van der Waals surface area contributed by atoms with Gasteiger partial charge in [-0.3, -0.25) is 19.3 Å². The van der Waals surface area contributed by atoms with Crippen LogP contribution in [0.5, 0.6) is 0 Å². The Kier molecular flexibility index (Phi) is 7.02. The molecule has 2 fully saturated rings. The number of benzene rings is 1. The van der Waals surface area contributed by atoms with Gasteiger partial charge in [-0.2, -0.15) is 5.10 Å². The molecule has 3 heterocycles. The third-order valence-corrected chi connectivity index (χ3v) is 7.20. The summed E-state index contributed by atoms with van der Waals surface area (Å²) in [6.45, 7) is 1.73. The lowest BCUT2D eigenvalue weighted by Gasteiger charge is -2.18. The second-order valence-corrected chi connectivity index (χ2v) is 10.0. The number of aromatic nitrogens is 3. The third kappa shape index (κ3) is 5.62. The van der Waals surface area contributed by atoms with E-state index in [0.717, 1.165) is 11.3 Å². The van der Waals surface area contributed by atoms with Gasteiger partial charge in [0.15, 0.2) is 5.82 Å². The summed E-state index contributed by atoms with van der Waals surface area (Å²) in [4.78, 5) is 43.8. The molecule has 1 aliphatic heterocycles. The highest BCUT2D eigenvalue weighted by Crippen LogP contribution is 2.46. The highest BCUT2D eigenvalue weighted by Gasteiger charge is 2.50. The monoisotopic (exact) mass is 522 g/mol. The van der Waals surface area contributed by atoms with E-state index in [-0.39, 0.29) is 42.5 Å². The number of alkyl halides is 2. The Labute approximate surface area is 218 Å². The first-order chi connectivity index (χ1) is 18.2. The summed E-state index contributed by atoms with van der Waals surface area (Å²) in [5.74, 6) is -4.93. The number of hydrogen-bond donors (Lipinski definition) is 2. The van der Waals surface area contributed by atoms with Gasteiger partial charge in [0.1, 0.15) is 6.04 Å². The zero-order chi connectivity index (χ0) is 26.9. The summed E-state index contributed by atoms with van der Waals surface area (Å²) < 4.78 is 28.8. The Bertz CT molecular complexity index is 1330. The molecule has 3 unspecified atom stereocenters. The molecule has 2 amide bonds. The van der Waals surface area contributed by atoms with E-state index in [0.29, 0.717) is 19.6 Å². The number of fused-ring (bicyclic) bond motifs is 1. The van der Waals surface area contributed by atoms with Crippen molar-refractivity contribution in [2.75, 3.05) is 13.1 Å². The molecule has 9 nitrogen and oxygen atoms in total. The van der Waals surface area contributed by atoms with Crippen LogP contribution in [0.2, 0.25) is 0 Å². The van der Waals surface area contributed by atoms with Crippen molar-refractivity contribution < 1.29 is 23.2 Å². The number of carbonyl (C=O) groups excluding carboxylic acids is 3. The first-order valence-corrected chi connectivity index (χ1v) is 12.5. The predicted octanol–water partition coefficient (Wildman–Crippen LogP) is 2.14. The van der Waals surface area contributed by atoms with Crippen molar-refractivity contribution in [1.29, 1.82) is 0 Å². The molecule has 5 rings (SSSR count). The first-order valence-electron chi connectivity index (χ1n) is 12.5. The summed E-state index contributed by atoms with van der Waals surface area (Å²) in [5, 5.41) is 7.19. The van der Waals surface area contributed by atoms with Gasteiger partial charge in [0.05, 0.1) is 11.3 Å². The largest absolute Gasteiger partial charge is 0.363 e. The normalized spacial score (nSPS) is 21.1. The third-order valence-electron chi connectivity index (χ3n) is 7.20. The van der Waals surface area contributed by atoms with Gasteiger partial charge in [0, 0.05) is 51.3 Å². The van der Waals surface area contributed by atoms with Crippen molar-refractivity contribution in [3.05, 3.63) is 77.7 Å². The zero-order valence-corrected chi connectivity index (χ0v) is 20.6. The number of halogens is 2. The van der Waals surface area contributed by atoms with Crippen LogP contribution in [0.15, 0.2) is 60.9 Å². The fourth-order valence-electron chi connectivity index (χ4n) is 5.49. The van der Waals surface area contributed by atoms with Crippen LogP contribution in [0.4, 0.5) is 8.78 Å². The highest BCUT2D eigenvalue weighted by molar-refractivity contribution is 6.38. The van der Waals surface area contributed by atoms with Crippen molar-refractivity contribution in [3.63, 3.8) is 0 Å². The van der Waals surface area contributed by atoms with Crippen LogP contribution in [0.1, 0.15) is 34.5 Å². The maximum atomic E-state index is 13.7. The van der Waals surface area contributed by atoms with Gasteiger partial charge in [-0.05, 0) is 35.6 Å². The van der Waals surface area contributed by atoms with Crippen molar-refractivity contribution >= 4 is 17.6 Å². The molecule has 0 spiro atoms. The van der Waals surface area contributed by atoms with Crippen LogP contribution in [-0.4, -0.2) is 62.3 Å². The molecule has 38 heavy (non-hydrogen) atoms. The maximum Gasteiger partial charge on any atom is 0.287 e. The number of amides is 2. The number of pyridine rings is 1. The molecule has 0 radical (unpaired) electrons. The molecule has 1 saturated heterocycles. The van der Waals surface area contributed by atoms with E-state index >= 15 is 0 Å². The lowest BCUT2D eigenvalue weighted by molar-refractivity contribution is -0.137. The number of Topliss-reactive ketones (excluding diaryl/α,β-unsaturated/α-hetero) is 1. The van der Waals surface area contributed by atoms with Gasteiger partial charge in [0.25, 0.3) is 11.8 Å². The number of hydrogen-bond acceptors (Lipinski definition) is 6. The number of nitrogens with zero attached hydrogens (tertiary/aromatic N) is 4. The van der Waals surface area contributed by atoms with Crippen molar-refractivity contribution in [3.8, 4) is 5.82 Å². The molecule has 11 heteroatoms. The van der Waals surface area contributed by atoms with E-state index in [9.17, 15) is 23.2 Å². The summed E-state index contributed by atoms with van der Waals surface area (Å²) >= 11 is 0. The number of ketones is 1. The Morgan fingerprint density at radius 1 is 1.05 bits per heavy atom. The standard InChI is InChI=1S/C27H28F2N6O3/c28-27(29)12-18-14-34(15-19(18)13-27)16-20-8-10-35(33-20)25-21(7-4-9-31-25)26(38)32-22(23(36)24(30)37)11-17-5-2-1-3-6-17/h1-10,18-19,22H,11-16H2,(H2,30,37)(H,32,38). The lowest BCUT2D eigenvalue weighted by Crippen LogP contribution is -2.47. The molecule has 1 saturated carbocycles. The van der Waals surface area contributed by atoms with Gasteiger partial charge in [-0.15, -0.1) is 0 Å². The summed E-state index contributed by atoms with van der Waals surface area (Å²) in [6.07, 6.45) is 3.18. The molecule has 2 aromatic heterocycles. The van der Waals surface area contributed by atoms with Crippen LogP contribution in [0, 0.1) is 11.8 Å². The van der Waals surface area contributed by atoms with Crippen LogP contribution in [-0.2, 0) is 22.6 Å². The molecule has 2 aliphatic rings. The maximum absolute atomic E-state index is 13.7. The van der Waals surface area contributed by atoms with Crippen molar-refractivity contribution in [2.45, 2.75) is 37.8 Å². The number of nitrogens with two attached hydrogens (primary N) is 1. The van der Waals surface area contributed by atoms with Crippen molar-refractivity contribution in [1.82, 2.24) is 25.0 Å². The van der Waals surface area contributed by atoms with Gasteiger partial charge in [0.2, 0.25) is 11.7 Å². The minimum absolute atomic E-state index is 0.00474. The minimum atomic E-state index is -2.55. The number of rotatable bonds is 9. The fourth-order valence-corrected chi connectivity index (χ4v) is 5.49. The van der Waals surface area contributed by atoms with E-state index in [1.165, 1.54) is 10.9 Å². The zero-order valence-electron chi connectivity index (χ0n) is 20.6. The number of likely N-dealkylation sites (tertiary alicyclic amines) is 1. The molecular formula is C27H28F2N6O3. The number of primary amides is 1. The Hall–Kier alpha value is -3.99. The van der Waals surface area contributed by atoms with Gasteiger partial charge in [-0.25, -0.2) is 18.4 Å². The van der Waals surface area contributed by atoms with E-state index in [1.54, 1.807) is 48.7 Å². The summed E-state index contributed by atoms with van der Waals surface area (Å²) in [7, 11) is 0. The fraction of sp³-hybridized carbons (Fsp3) is 0.370. The van der Waals surface area contributed by atoms with E-state index in [4.69, 9.17) is 5.73 Å². The minimum Gasteiger partial charge on any atom is -0.363 e. The molecule has 1 aromatic carbocycles. The summed E-state index contributed by atoms with van der Waals surface area (Å²) in [6, 6.07) is 12.8. The smallest absolute Gasteiger partial charge is 0.287 e. The molecule has 3 aromatic rings. The van der Waals surface area contributed by atoms with Crippen LogP contribution >= 0.6 is 0 Å². The molecule has 3 N–H and O–H groups in total. The van der Waals surface area contributed by atoms with Crippen LogP contribution in [0.3, 0.4) is 0 Å². The highest BCUT2D eigenvalue weighted by atomic mass is 19.3. The predicted molar refractivity (Wildman–Crippen MR) is 133 cm³/mol. The molecule has 198 valence electrons. The second-order valence-electron chi connectivity index (χ2n) is 10.0. The molecular weight excluding hydrogens is 494 g/mol. The second kappa shape index (κ2) is 10.4. The van der Waals surface area contributed by atoms with Crippen LogP contribution < -0.4 is 11.1 Å². The molecule has 1 aliphatic carbocycles.